The molecule has 1 N–H and O–H groups in total. The van der Waals surface area contributed by atoms with Crippen LogP contribution < -0.4 is 0 Å². The van der Waals surface area contributed by atoms with Gasteiger partial charge in [-0.1, -0.05) is 96.8 Å². The standard InChI is InChI=1S/C22H44O4/c1-3-4-5-6-7-8-9-10-11-12-13-14-15-16-17-18-22(24)26-20-21(19-23)25-2/h21,23H,3-20H2,1-2H3. The molecule has 26 heavy (non-hydrogen) atoms. The van der Waals surface area contributed by atoms with Crippen LogP contribution in [0.5, 0.6) is 0 Å². The molecular formula is C22H44O4. The highest BCUT2D eigenvalue weighted by molar-refractivity contribution is 5.69. The van der Waals surface area contributed by atoms with Gasteiger partial charge in [-0.15, -0.1) is 0 Å². The van der Waals surface area contributed by atoms with E-state index in [0.29, 0.717) is 6.42 Å². The van der Waals surface area contributed by atoms with Crippen LogP contribution in [0.2, 0.25) is 0 Å². The molecule has 1 atom stereocenters. The Morgan fingerprint density at radius 1 is 0.769 bits per heavy atom. The zero-order chi connectivity index (χ0) is 19.3. The average molecular weight is 373 g/mol. The second kappa shape index (κ2) is 20.7. The summed E-state index contributed by atoms with van der Waals surface area (Å²) < 4.78 is 10.0. The van der Waals surface area contributed by atoms with Crippen LogP contribution in [0.3, 0.4) is 0 Å². The third kappa shape index (κ3) is 18.2. The van der Waals surface area contributed by atoms with Crippen LogP contribution in [0.25, 0.3) is 0 Å². The molecule has 0 aromatic heterocycles. The maximum atomic E-state index is 11.6. The first-order valence-corrected chi connectivity index (χ1v) is 11.0. The van der Waals surface area contributed by atoms with E-state index in [-0.39, 0.29) is 19.2 Å². The van der Waals surface area contributed by atoms with Crippen LogP contribution in [0.15, 0.2) is 0 Å². The molecule has 0 heterocycles. The van der Waals surface area contributed by atoms with Gasteiger partial charge in [-0.2, -0.15) is 0 Å². The molecule has 0 aliphatic rings. The summed E-state index contributed by atoms with van der Waals surface area (Å²) in [5, 5.41) is 8.94. The summed E-state index contributed by atoms with van der Waals surface area (Å²) >= 11 is 0. The molecule has 0 amide bonds. The van der Waals surface area contributed by atoms with Gasteiger partial charge in [0.2, 0.25) is 0 Å². The Labute approximate surface area is 162 Å². The van der Waals surface area contributed by atoms with E-state index in [1.165, 1.54) is 90.6 Å². The quantitative estimate of drug-likeness (QED) is 0.217. The first-order chi connectivity index (χ1) is 12.7. The van der Waals surface area contributed by atoms with Gasteiger partial charge in [0.1, 0.15) is 12.7 Å². The second-order valence-corrected chi connectivity index (χ2v) is 7.42. The zero-order valence-corrected chi connectivity index (χ0v) is 17.5. The molecule has 0 saturated carbocycles. The van der Waals surface area contributed by atoms with E-state index in [9.17, 15) is 4.79 Å². The Balaban J connectivity index is 3.18. The summed E-state index contributed by atoms with van der Waals surface area (Å²) in [5.41, 5.74) is 0. The molecule has 0 bridgehead atoms. The summed E-state index contributed by atoms with van der Waals surface area (Å²) in [4.78, 5) is 11.6. The van der Waals surface area contributed by atoms with Crippen molar-refractivity contribution >= 4 is 5.97 Å². The number of hydrogen-bond donors (Lipinski definition) is 1. The third-order valence-electron chi connectivity index (χ3n) is 4.95. The minimum Gasteiger partial charge on any atom is -0.463 e. The highest BCUT2D eigenvalue weighted by atomic mass is 16.6. The van der Waals surface area contributed by atoms with Gasteiger partial charge in [-0.25, -0.2) is 0 Å². The van der Waals surface area contributed by atoms with Crippen LogP contribution in [0, 0.1) is 0 Å². The minimum atomic E-state index is -0.403. The van der Waals surface area contributed by atoms with Gasteiger partial charge in [0, 0.05) is 13.5 Å². The zero-order valence-electron chi connectivity index (χ0n) is 17.5. The molecule has 0 aliphatic heterocycles. The molecule has 1 unspecified atom stereocenters. The number of carbonyl (C=O) groups excluding carboxylic acids is 1. The van der Waals surface area contributed by atoms with Gasteiger partial charge < -0.3 is 14.6 Å². The third-order valence-corrected chi connectivity index (χ3v) is 4.95. The molecule has 4 heteroatoms. The van der Waals surface area contributed by atoms with Crippen LogP contribution in [-0.2, 0) is 14.3 Å². The number of carbonyl (C=O) groups is 1. The van der Waals surface area contributed by atoms with E-state index in [1.54, 1.807) is 0 Å². The number of methoxy groups -OCH3 is 1. The van der Waals surface area contributed by atoms with E-state index in [4.69, 9.17) is 14.6 Å². The normalized spacial score (nSPS) is 12.3. The number of unbranched alkanes of at least 4 members (excludes halogenated alkanes) is 14. The van der Waals surface area contributed by atoms with Crippen LogP contribution >= 0.6 is 0 Å². The maximum Gasteiger partial charge on any atom is 0.305 e. The van der Waals surface area contributed by atoms with Crippen molar-refractivity contribution in [2.45, 2.75) is 116 Å². The lowest BCUT2D eigenvalue weighted by molar-refractivity contribution is -0.148. The minimum absolute atomic E-state index is 0.122. The Hall–Kier alpha value is -0.610. The highest BCUT2D eigenvalue weighted by Gasteiger charge is 2.09. The predicted octanol–water partition coefficient (Wildman–Crippen LogP) is 5.80. The number of rotatable bonds is 20. The van der Waals surface area contributed by atoms with Crippen LogP contribution in [0.4, 0.5) is 0 Å². The molecule has 0 aromatic carbocycles. The lowest BCUT2D eigenvalue weighted by atomic mass is 10.0. The first kappa shape index (κ1) is 25.4. The molecular weight excluding hydrogens is 328 g/mol. The lowest BCUT2D eigenvalue weighted by Gasteiger charge is -2.12. The summed E-state index contributed by atoms with van der Waals surface area (Å²) in [5.74, 6) is -0.185. The molecule has 4 nitrogen and oxygen atoms in total. The van der Waals surface area contributed by atoms with E-state index in [2.05, 4.69) is 6.92 Å². The number of aliphatic hydroxyl groups excluding tert-OH is 1. The molecule has 0 aliphatic carbocycles. The topological polar surface area (TPSA) is 55.8 Å². The van der Waals surface area contributed by atoms with Gasteiger partial charge in [0.15, 0.2) is 0 Å². The molecule has 0 radical (unpaired) electrons. The number of ether oxygens (including phenoxy) is 2. The molecule has 0 rings (SSSR count). The number of hydrogen-bond acceptors (Lipinski definition) is 4. The van der Waals surface area contributed by atoms with Crippen molar-refractivity contribution in [2.24, 2.45) is 0 Å². The summed E-state index contributed by atoms with van der Waals surface area (Å²) in [6, 6.07) is 0. The van der Waals surface area contributed by atoms with Gasteiger partial charge >= 0.3 is 5.97 Å². The van der Waals surface area contributed by atoms with Crippen molar-refractivity contribution in [1.29, 1.82) is 0 Å². The molecule has 0 spiro atoms. The lowest BCUT2D eigenvalue weighted by Crippen LogP contribution is -2.24. The van der Waals surface area contributed by atoms with Gasteiger partial charge in [-0.3, -0.25) is 4.79 Å². The van der Waals surface area contributed by atoms with Crippen molar-refractivity contribution in [3.8, 4) is 0 Å². The van der Waals surface area contributed by atoms with Crippen molar-refractivity contribution in [3.05, 3.63) is 0 Å². The van der Waals surface area contributed by atoms with Crippen molar-refractivity contribution in [1.82, 2.24) is 0 Å². The van der Waals surface area contributed by atoms with Crippen LogP contribution in [0.1, 0.15) is 110 Å². The molecule has 156 valence electrons. The largest absolute Gasteiger partial charge is 0.463 e. The van der Waals surface area contributed by atoms with Gasteiger partial charge in [-0.05, 0) is 6.42 Å². The Morgan fingerprint density at radius 3 is 1.58 bits per heavy atom. The monoisotopic (exact) mass is 372 g/mol. The fourth-order valence-corrected chi connectivity index (χ4v) is 3.09. The maximum absolute atomic E-state index is 11.6. The highest BCUT2D eigenvalue weighted by Crippen LogP contribution is 2.13. The predicted molar refractivity (Wildman–Crippen MR) is 108 cm³/mol. The summed E-state index contributed by atoms with van der Waals surface area (Å²) in [6.07, 6.45) is 19.9. The molecule has 0 aromatic rings. The summed E-state index contributed by atoms with van der Waals surface area (Å²) in [7, 11) is 1.50. The fraction of sp³-hybridized carbons (Fsp3) is 0.955. The van der Waals surface area contributed by atoms with E-state index in [1.807, 2.05) is 0 Å². The Morgan fingerprint density at radius 2 is 1.19 bits per heavy atom. The number of esters is 1. The average Bonchev–Trinajstić information content (AvgIpc) is 2.65. The van der Waals surface area contributed by atoms with Crippen LogP contribution in [-0.4, -0.2) is 37.5 Å². The second-order valence-electron chi connectivity index (χ2n) is 7.42. The Bertz CT molecular complexity index is 290. The van der Waals surface area contributed by atoms with Crippen molar-refractivity contribution in [2.75, 3.05) is 20.3 Å². The SMILES string of the molecule is CCCCCCCCCCCCCCCCCC(=O)OCC(CO)OC. The molecule has 0 fully saturated rings. The van der Waals surface area contributed by atoms with E-state index >= 15 is 0 Å². The fourth-order valence-electron chi connectivity index (χ4n) is 3.09. The Kier molecular flexibility index (Phi) is 20.2. The smallest absolute Gasteiger partial charge is 0.305 e. The van der Waals surface area contributed by atoms with Gasteiger partial charge in [0.25, 0.3) is 0 Å². The van der Waals surface area contributed by atoms with E-state index in [0.717, 1.165) is 12.8 Å². The first-order valence-electron chi connectivity index (χ1n) is 11.0. The van der Waals surface area contributed by atoms with Crippen molar-refractivity contribution < 1.29 is 19.4 Å². The van der Waals surface area contributed by atoms with Gasteiger partial charge in [0.05, 0.1) is 6.61 Å². The van der Waals surface area contributed by atoms with E-state index < -0.39 is 6.10 Å². The summed E-state index contributed by atoms with van der Waals surface area (Å²) in [6.45, 7) is 2.29. The number of aliphatic hydroxyl groups is 1. The molecule has 0 saturated heterocycles. The van der Waals surface area contributed by atoms with Crippen molar-refractivity contribution in [3.63, 3.8) is 0 Å².